The van der Waals surface area contributed by atoms with E-state index in [1.165, 1.54) is 6.07 Å². The van der Waals surface area contributed by atoms with Crippen LogP contribution in [0.4, 0.5) is 8.78 Å². The Labute approximate surface area is 72.6 Å². The number of hydrogen-bond donors (Lipinski definition) is 0. The van der Waals surface area contributed by atoms with E-state index in [0.717, 1.165) is 12.1 Å². The van der Waals surface area contributed by atoms with Gasteiger partial charge in [-0.15, -0.1) is 4.91 Å². The molecule has 0 aliphatic rings. The fraction of sp³-hybridized carbons (Fsp3) is 0.125. The van der Waals surface area contributed by atoms with Crippen LogP contribution in [0.1, 0.15) is 11.6 Å². The summed E-state index contributed by atoms with van der Waals surface area (Å²) in [5.41, 5.74) is -0.209. The van der Waals surface area contributed by atoms with Crippen LogP contribution < -0.4 is 0 Å². The van der Waals surface area contributed by atoms with E-state index in [1.54, 1.807) is 0 Å². The summed E-state index contributed by atoms with van der Waals surface area (Å²) >= 11 is 0. The van der Waals surface area contributed by atoms with Crippen molar-refractivity contribution in [3.8, 4) is 6.07 Å². The minimum Gasteiger partial charge on any atom is -0.207 e. The molecule has 13 heavy (non-hydrogen) atoms. The van der Waals surface area contributed by atoms with Gasteiger partial charge in [0.1, 0.15) is 11.6 Å². The van der Waals surface area contributed by atoms with Gasteiger partial charge in [0.2, 0.25) is 6.04 Å². The monoisotopic (exact) mass is 182 g/mol. The lowest BCUT2D eigenvalue weighted by Crippen LogP contribution is -1.96. The zero-order valence-corrected chi connectivity index (χ0v) is 6.37. The highest BCUT2D eigenvalue weighted by Crippen LogP contribution is 2.20. The number of hydrogen-bond acceptors (Lipinski definition) is 3. The van der Waals surface area contributed by atoms with Crippen LogP contribution >= 0.6 is 0 Å². The smallest absolute Gasteiger partial charge is 0.205 e. The van der Waals surface area contributed by atoms with E-state index < -0.39 is 17.7 Å². The molecule has 0 bridgehead atoms. The average molecular weight is 182 g/mol. The summed E-state index contributed by atoms with van der Waals surface area (Å²) in [6, 6.07) is 2.67. The average Bonchev–Trinajstić information content (AvgIpc) is 2.10. The second-order valence-electron chi connectivity index (χ2n) is 2.30. The number of halogens is 2. The van der Waals surface area contributed by atoms with Crippen molar-refractivity contribution in [3.05, 3.63) is 40.3 Å². The molecule has 1 atom stereocenters. The molecule has 0 heterocycles. The summed E-state index contributed by atoms with van der Waals surface area (Å²) in [6.07, 6.45) is 0. The Bertz CT molecular complexity index is 373. The van der Waals surface area contributed by atoms with Crippen molar-refractivity contribution in [1.29, 1.82) is 5.26 Å². The topological polar surface area (TPSA) is 53.2 Å². The minimum absolute atomic E-state index is 0.209. The Morgan fingerprint density at radius 3 is 2.62 bits per heavy atom. The van der Waals surface area contributed by atoms with Gasteiger partial charge in [0.05, 0.1) is 6.07 Å². The van der Waals surface area contributed by atoms with Gasteiger partial charge in [-0.2, -0.15) is 5.26 Å². The number of nitrogens with zero attached hydrogens (tertiary/aromatic N) is 2. The molecule has 66 valence electrons. The Balaban J connectivity index is 3.16. The van der Waals surface area contributed by atoms with Gasteiger partial charge in [-0.25, -0.2) is 8.78 Å². The van der Waals surface area contributed by atoms with Crippen molar-refractivity contribution in [3.63, 3.8) is 0 Å². The molecular formula is C8H4F2N2O. The molecule has 1 unspecified atom stereocenters. The van der Waals surface area contributed by atoms with E-state index in [9.17, 15) is 13.7 Å². The SMILES string of the molecule is N#CC(N=O)c1ccc(F)cc1F. The highest BCUT2D eigenvalue weighted by molar-refractivity contribution is 5.26. The maximum absolute atomic E-state index is 12.9. The molecule has 0 saturated heterocycles. The van der Waals surface area contributed by atoms with Crippen LogP contribution in [0.25, 0.3) is 0 Å². The van der Waals surface area contributed by atoms with Crippen LogP contribution in [0.15, 0.2) is 23.4 Å². The van der Waals surface area contributed by atoms with Crippen LogP contribution in [-0.2, 0) is 0 Å². The molecule has 3 nitrogen and oxygen atoms in total. The lowest BCUT2D eigenvalue weighted by molar-refractivity contribution is 0.568. The summed E-state index contributed by atoms with van der Waals surface area (Å²) in [6.45, 7) is 0. The number of nitriles is 1. The zero-order valence-electron chi connectivity index (χ0n) is 6.37. The molecule has 0 N–H and O–H groups in total. The highest BCUT2D eigenvalue weighted by Gasteiger charge is 2.15. The van der Waals surface area contributed by atoms with E-state index in [-0.39, 0.29) is 5.56 Å². The summed E-state index contributed by atoms with van der Waals surface area (Å²) in [7, 11) is 0. The maximum atomic E-state index is 12.9. The largest absolute Gasteiger partial charge is 0.207 e. The molecule has 0 aromatic heterocycles. The fourth-order valence-corrected chi connectivity index (χ4v) is 0.873. The van der Waals surface area contributed by atoms with E-state index in [2.05, 4.69) is 5.18 Å². The summed E-state index contributed by atoms with van der Waals surface area (Å²) in [4.78, 5) is 10.0. The Morgan fingerprint density at radius 1 is 1.46 bits per heavy atom. The first kappa shape index (κ1) is 9.26. The molecule has 0 fully saturated rings. The highest BCUT2D eigenvalue weighted by atomic mass is 19.1. The summed E-state index contributed by atoms with van der Waals surface area (Å²) in [5, 5.41) is 10.8. The van der Waals surface area contributed by atoms with Gasteiger partial charge in [0.15, 0.2) is 0 Å². The van der Waals surface area contributed by atoms with Gasteiger partial charge in [0, 0.05) is 11.6 Å². The minimum atomic E-state index is -1.42. The Morgan fingerprint density at radius 2 is 2.15 bits per heavy atom. The van der Waals surface area contributed by atoms with Gasteiger partial charge in [-0.1, -0.05) is 0 Å². The van der Waals surface area contributed by atoms with E-state index >= 15 is 0 Å². The Kier molecular flexibility index (Phi) is 2.65. The van der Waals surface area contributed by atoms with Crippen molar-refractivity contribution in [1.82, 2.24) is 0 Å². The van der Waals surface area contributed by atoms with Crippen molar-refractivity contribution in [2.75, 3.05) is 0 Å². The second kappa shape index (κ2) is 3.72. The summed E-state index contributed by atoms with van der Waals surface area (Å²) < 4.78 is 25.3. The number of benzene rings is 1. The summed E-state index contributed by atoms with van der Waals surface area (Å²) in [5.74, 6) is -1.70. The van der Waals surface area contributed by atoms with E-state index in [0.29, 0.717) is 6.07 Å². The van der Waals surface area contributed by atoms with Crippen LogP contribution in [0.2, 0.25) is 0 Å². The van der Waals surface area contributed by atoms with Gasteiger partial charge in [0.25, 0.3) is 0 Å². The molecule has 0 amide bonds. The van der Waals surface area contributed by atoms with Gasteiger partial charge >= 0.3 is 0 Å². The molecule has 1 rings (SSSR count). The quantitative estimate of drug-likeness (QED) is 0.659. The maximum Gasteiger partial charge on any atom is 0.205 e. The molecule has 0 aliphatic heterocycles. The van der Waals surface area contributed by atoms with Crippen LogP contribution in [-0.4, -0.2) is 0 Å². The van der Waals surface area contributed by atoms with Crippen molar-refractivity contribution in [2.45, 2.75) is 6.04 Å². The molecule has 0 radical (unpaired) electrons. The third-order valence-electron chi connectivity index (χ3n) is 1.48. The van der Waals surface area contributed by atoms with E-state index in [4.69, 9.17) is 5.26 Å². The third kappa shape index (κ3) is 1.85. The van der Waals surface area contributed by atoms with Crippen molar-refractivity contribution < 1.29 is 8.78 Å². The van der Waals surface area contributed by atoms with Crippen molar-refractivity contribution in [2.24, 2.45) is 5.18 Å². The molecule has 0 spiro atoms. The zero-order chi connectivity index (χ0) is 9.84. The molecule has 0 aliphatic carbocycles. The second-order valence-corrected chi connectivity index (χ2v) is 2.30. The van der Waals surface area contributed by atoms with Gasteiger partial charge in [-0.3, -0.25) is 0 Å². The van der Waals surface area contributed by atoms with E-state index in [1.807, 2.05) is 0 Å². The lowest BCUT2D eigenvalue weighted by atomic mass is 10.1. The lowest BCUT2D eigenvalue weighted by Gasteiger charge is -2.01. The Hall–Kier alpha value is -1.83. The normalized spacial score (nSPS) is 11.8. The molecular weight excluding hydrogens is 178 g/mol. The van der Waals surface area contributed by atoms with Crippen LogP contribution in [0, 0.1) is 27.9 Å². The number of nitroso groups, excluding NO2 is 1. The predicted molar refractivity (Wildman–Crippen MR) is 40.5 cm³/mol. The molecule has 1 aromatic carbocycles. The van der Waals surface area contributed by atoms with Crippen molar-refractivity contribution >= 4 is 0 Å². The number of rotatable bonds is 2. The predicted octanol–water partition coefficient (Wildman–Crippen LogP) is 2.30. The van der Waals surface area contributed by atoms with Gasteiger partial charge in [-0.05, 0) is 17.3 Å². The first-order valence-electron chi connectivity index (χ1n) is 3.36. The van der Waals surface area contributed by atoms with Gasteiger partial charge < -0.3 is 0 Å². The fourth-order valence-electron chi connectivity index (χ4n) is 0.873. The molecule has 5 heteroatoms. The standard InChI is InChI=1S/C8H4F2N2O/c9-5-1-2-6(7(10)3-5)8(4-11)12-13/h1-3,8H. The molecule has 1 aromatic rings. The van der Waals surface area contributed by atoms with Crippen LogP contribution in [0.3, 0.4) is 0 Å². The molecule has 0 saturated carbocycles. The third-order valence-corrected chi connectivity index (χ3v) is 1.48. The van der Waals surface area contributed by atoms with Crippen LogP contribution in [0.5, 0.6) is 0 Å². The first-order chi connectivity index (χ1) is 6.19. The first-order valence-corrected chi connectivity index (χ1v) is 3.36.